The maximum atomic E-state index is 6.77. The molecule has 3 aromatic heterocycles. The van der Waals surface area contributed by atoms with Crippen LogP contribution >= 0.6 is 0 Å². The van der Waals surface area contributed by atoms with Crippen molar-refractivity contribution in [2.24, 2.45) is 0 Å². The van der Waals surface area contributed by atoms with E-state index in [1.165, 1.54) is 32.6 Å². The topological polar surface area (TPSA) is 34.5 Å². The lowest BCUT2D eigenvalue weighted by Crippen LogP contribution is -2.10. The van der Waals surface area contributed by atoms with E-state index >= 15 is 0 Å². The highest BCUT2D eigenvalue weighted by Gasteiger charge is 2.22. The zero-order valence-electron chi connectivity index (χ0n) is 33.5. The predicted octanol–water partition coefficient (Wildman–Crippen LogP) is 16.5. The van der Waals surface area contributed by atoms with Crippen LogP contribution in [0, 0.1) is 0 Å². The summed E-state index contributed by atoms with van der Waals surface area (Å²) in [6.45, 7) is 0. The summed E-state index contributed by atoms with van der Waals surface area (Å²) in [5, 5.41) is 9.25. The molecule has 0 N–H and O–H groups in total. The van der Waals surface area contributed by atoms with Crippen molar-refractivity contribution in [3.63, 3.8) is 0 Å². The number of hydrogen-bond acceptors (Lipinski definition) is 3. The minimum atomic E-state index is 0.863. The monoisotopic (exact) mass is 792 g/mol. The number of furan rings is 2. The first-order valence-electron chi connectivity index (χ1n) is 21.1. The highest BCUT2D eigenvalue weighted by Crippen LogP contribution is 2.46. The average molecular weight is 793 g/mol. The summed E-state index contributed by atoms with van der Waals surface area (Å²) in [4.78, 5) is 2.39. The summed E-state index contributed by atoms with van der Waals surface area (Å²) in [7, 11) is 0. The Kier molecular flexibility index (Phi) is 7.57. The van der Waals surface area contributed by atoms with E-state index < -0.39 is 0 Å². The number of aromatic nitrogens is 1. The van der Waals surface area contributed by atoms with Crippen molar-refractivity contribution in [3.05, 3.63) is 218 Å². The fraction of sp³-hybridized carbons (Fsp3) is 0. The van der Waals surface area contributed by atoms with E-state index in [2.05, 4.69) is 210 Å². The molecule has 13 rings (SSSR count). The maximum absolute atomic E-state index is 6.77. The molecule has 0 saturated carbocycles. The van der Waals surface area contributed by atoms with Gasteiger partial charge in [0.05, 0.1) is 11.0 Å². The number of rotatable bonds is 6. The first-order valence-corrected chi connectivity index (χ1v) is 21.1. The SMILES string of the molecule is c1cc(-c2cccc3oc4ccccc4c23)cc(N(c2ccc3ccccc3c2)c2cc(-c3ccc(-n4c5ccccc5c5ccccc54)cc3)c3oc4ccccc4c3c2)c1. The second-order valence-corrected chi connectivity index (χ2v) is 16.1. The van der Waals surface area contributed by atoms with Crippen molar-refractivity contribution in [1.82, 2.24) is 4.57 Å². The van der Waals surface area contributed by atoms with Gasteiger partial charge in [0.1, 0.15) is 22.3 Å². The zero-order valence-corrected chi connectivity index (χ0v) is 33.5. The molecule has 10 aromatic carbocycles. The molecule has 0 spiro atoms. The third-order valence-corrected chi connectivity index (χ3v) is 12.5. The number of fused-ring (bicyclic) bond motifs is 10. The molecule has 0 amide bonds. The van der Waals surface area contributed by atoms with Gasteiger partial charge in [-0.25, -0.2) is 0 Å². The second-order valence-electron chi connectivity index (χ2n) is 16.1. The first kappa shape index (κ1) is 34.5. The van der Waals surface area contributed by atoms with Crippen LogP contribution in [0.4, 0.5) is 17.1 Å². The Morgan fingerprint density at radius 3 is 1.76 bits per heavy atom. The highest BCUT2D eigenvalue weighted by atomic mass is 16.3. The summed E-state index contributed by atoms with van der Waals surface area (Å²) < 4.78 is 15.5. The Labute approximate surface area is 356 Å². The molecule has 0 bridgehead atoms. The smallest absolute Gasteiger partial charge is 0.143 e. The van der Waals surface area contributed by atoms with E-state index in [0.29, 0.717) is 0 Å². The summed E-state index contributed by atoms with van der Waals surface area (Å²) in [5.41, 5.74) is 14.5. The molecule has 0 fully saturated rings. The minimum Gasteiger partial charge on any atom is -0.456 e. The van der Waals surface area contributed by atoms with Crippen LogP contribution in [-0.2, 0) is 0 Å². The highest BCUT2D eigenvalue weighted by molar-refractivity contribution is 6.14. The number of nitrogens with zero attached hydrogens (tertiary/aromatic N) is 2. The Morgan fingerprint density at radius 2 is 0.968 bits per heavy atom. The molecule has 3 heterocycles. The molecule has 0 radical (unpaired) electrons. The van der Waals surface area contributed by atoms with Crippen LogP contribution in [0.1, 0.15) is 0 Å². The van der Waals surface area contributed by atoms with Gasteiger partial charge in [-0.15, -0.1) is 0 Å². The Hall–Kier alpha value is -8.34. The number of anilines is 3. The van der Waals surface area contributed by atoms with E-state index in [1.54, 1.807) is 0 Å². The van der Waals surface area contributed by atoms with Crippen LogP contribution < -0.4 is 4.90 Å². The van der Waals surface area contributed by atoms with Crippen molar-refractivity contribution in [2.45, 2.75) is 0 Å². The Morgan fingerprint density at radius 1 is 0.339 bits per heavy atom. The summed E-state index contributed by atoms with van der Waals surface area (Å²) in [6, 6.07) is 78.1. The molecule has 0 aliphatic rings. The van der Waals surface area contributed by atoms with Gasteiger partial charge in [0.25, 0.3) is 0 Å². The van der Waals surface area contributed by atoms with Crippen LogP contribution in [0.3, 0.4) is 0 Å². The van der Waals surface area contributed by atoms with E-state index in [9.17, 15) is 0 Å². The third kappa shape index (κ3) is 5.33. The van der Waals surface area contributed by atoms with Gasteiger partial charge in [-0.05, 0) is 106 Å². The lowest BCUT2D eigenvalue weighted by molar-refractivity contribution is 0.669. The lowest BCUT2D eigenvalue weighted by atomic mass is 9.97. The molecule has 4 nitrogen and oxygen atoms in total. The molecule has 0 atom stereocenters. The van der Waals surface area contributed by atoms with Crippen LogP contribution in [0.25, 0.3) is 104 Å². The molecule has 0 aliphatic carbocycles. The first-order chi connectivity index (χ1) is 30.7. The largest absolute Gasteiger partial charge is 0.456 e. The summed E-state index contributed by atoms with van der Waals surface area (Å²) in [6.07, 6.45) is 0. The van der Waals surface area contributed by atoms with Gasteiger partial charge in [-0.1, -0.05) is 140 Å². The van der Waals surface area contributed by atoms with Crippen LogP contribution in [-0.4, -0.2) is 4.57 Å². The van der Waals surface area contributed by atoms with Crippen LogP contribution in [0.5, 0.6) is 0 Å². The Bertz CT molecular complexity index is 3830. The number of para-hydroxylation sites is 4. The molecule has 0 aliphatic heterocycles. The lowest BCUT2D eigenvalue weighted by Gasteiger charge is -2.27. The number of hydrogen-bond donors (Lipinski definition) is 0. The van der Waals surface area contributed by atoms with Gasteiger partial charge in [0.2, 0.25) is 0 Å². The van der Waals surface area contributed by atoms with Gasteiger partial charge in [-0.3, -0.25) is 0 Å². The number of benzene rings is 10. The molecule has 4 heteroatoms. The van der Waals surface area contributed by atoms with E-state index in [4.69, 9.17) is 8.83 Å². The van der Waals surface area contributed by atoms with E-state index in [0.717, 1.165) is 88.9 Å². The van der Waals surface area contributed by atoms with Gasteiger partial charge in [0.15, 0.2) is 0 Å². The molecule has 62 heavy (non-hydrogen) atoms. The summed E-state index contributed by atoms with van der Waals surface area (Å²) in [5.74, 6) is 0. The van der Waals surface area contributed by atoms with Gasteiger partial charge in [0, 0.05) is 60.6 Å². The molecule has 0 unspecified atom stereocenters. The Balaban J connectivity index is 1.03. The molecule has 13 aromatic rings. The van der Waals surface area contributed by atoms with E-state index in [-0.39, 0.29) is 0 Å². The van der Waals surface area contributed by atoms with E-state index in [1.807, 2.05) is 18.2 Å². The molecule has 290 valence electrons. The zero-order chi connectivity index (χ0) is 40.7. The quantitative estimate of drug-likeness (QED) is 0.168. The fourth-order valence-corrected chi connectivity index (χ4v) is 9.74. The average Bonchev–Trinajstić information content (AvgIpc) is 4.01. The molecule has 0 saturated heterocycles. The summed E-state index contributed by atoms with van der Waals surface area (Å²) >= 11 is 0. The van der Waals surface area contributed by atoms with Gasteiger partial charge >= 0.3 is 0 Å². The molecular weight excluding hydrogens is 757 g/mol. The third-order valence-electron chi connectivity index (χ3n) is 12.5. The van der Waals surface area contributed by atoms with Crippen molar-refractivity contribution in [2.75, 3.05) is 4.90 Å². The molecular formula is C58H36N2O2. The van der Waals surface area contributed by atoms with Crippen LogP contribution in [0.15, 0.2) is 227 Å². The van der Waals surface area contributed by atoms with Gasteiger partial charge in [-0.2, -0.15) is 0 Å². The fourth-order valence-electron chi connectivity index (χ4n) is 9.74. The van der Waals surface area contributed by atoms with Gasteiger partial charge < -0.3 is 18.3 Å². The predicted molar refractivity (Wildman–Crippen MR) is 258 cm³/mol. The van der Waals surface area contributed by atoms with Crippen molar-refractivity contribution < 1.29 is 8.83 Å². The maximum Gasteiger partial charge on any atom is 0.143 e. The normalized spacial score (nSPS) is 11.9. The van der Waals surface area contributed by atoms with Crippen molar-refractivity contribution >= 4 is 93.5 Å². The standard InChI is InChI=1S/C58H36N2O2/c1-2-14-39-33-43(32-27-37(39)13-1)59(42-16-11-15-40(34-42)45-21-12-26-56-57(45)49-20-6-10-25-55(49)61-56)44-35-50(58-51(36-44)48-19-5-9-24-54(48)62-58)38-28-30-41(31-29-38)60-52-22-7-3-17-46(52)47-18-4-8-23-53(47)60/h1-36H. The second kappa shape index (κ2) is 13.6. The van der Waals surface area contributed by atoms with Crippen molar-refractivity contribution in [3.8, 4) is 27.9 Å². The minimum absolute atomic E-state index is 0.863. The van der Waals surface area contributed by atoms with Crippen molar-refractivity contribution in [1.29, 1.82) is 0 Å². The van der Waals surface area contributed by atoms with Crippen LogP contribution in [0.2, 0.25) is 0 Å².